The molecule has 0 aromatic rings. The van der Waals surface area contributed by atoms with Crippen molar-refractivity contribution < 1.29 is 24.2 Å². The van der Waals surface area contributed by atoms with Gasteiger partial charge in [-0.3, -0.25) is 14.5 Å². The van der Waals surface area contributed by atoms with Gasteiger partial charge in [-0.25, -0.2) is 4.79 Å². The van der Waals surface area contributed by atoms with Gasteiger partial charge < -0.3 is 9.84 Å². The van der Waals surface area contributed by atoms with Gasteiger partial charge in [0.1, 0.15) is 0 Å². The molecule has 6 nitrogen and oxygen atoms in total. The molecule has 0 spiro atoms. The summed E-state index contributed by atoms with van der Waals surface area (Å²) in [6, 6.07) is 0. The van der Waals surface area contributed by atoms with E-state index < -0.39 is 23.9 Å². The van der Waals surface area contributed by atoms with Gasteiger partial charge in [-0.15, -0.1) is 0 Å². The maximum absolute atomic E-state index is 11.0. The summed E-state index contributed by atoms with van der Waals surface area (Å²) < 4.78 is 4.60. The second kappa shape index (κ2) is 4.01. The highest BCUT2D eigenvalue weighted by atomic mass is 16.5. The summed E-state index contributed by atoms with van der Waals surface area (Å²) in [4.78, 5) is 33.4. The highest BCUT2D eigenvalue weighted by Gasteiger charge is 2.29. The number of carboxylic acids is 1. The summed E-state index contributed by atoms with van der Waals surface area (Å²) in [7, 11) is 1.21. The second-order valence-electron chi connectivity index (χ2n) is 2.68. The Labute approximate surface area is 79.8 Å². The van der Waals surface area contributed by atoms with Gasteiger partial charge in [0, 0.05) is 19.3 Å². The molecule has 0 aliphatic carbocycles. The average molecular weight is 199 g/mol. The van der Waals surface area contributed by atoms with Gasteiger partial charge in [0.05, 0.1) is 6.54 Å². The van der Waals surface area contributed by atoms with Crippen molar-refractivity contribution in [3.63, 3.8) is 0 Å². The Morgan fingerprint density at radius 3 is 2.36 bits per heavy atom. The number of hydrogen-bond donors (Lipinski definition) is 1. The van der Waals surface area contributed by atoms with Gasteiger partial charge in [0.15, 0.2) is 6.10 Å². The molecule has 0 radical (unpaired) electrons. The highest BCUT2D eigenvalue weighted by Crippen LogP contribution is 2.05. The SMILES string of the molecule is COC(CN1C(=O)C=CC1=O)C(=O)O. The minimum absolute atomic E-state index is 0.267. The van der Waals surface area contributed by atoms with Crippen molar-refractivity contribution in [2.75, 3.05) is 13.7 Å². The van der Waals surface area contributed by atoms with Crippen LogP contribution < -0.4 is 0 Å². The molecule has 1 unspecified atom stereocenters. The first kappa shape index (κ1) is 10.4. The van der Waals surface area contributed by atoms with E-state index in [0.717, 1.165) is 17.1 Å². The minimum atomic E-state index is -1.21. The lowest BCUT2D eigenvalue weighted by atomic mass is 10.3. The first-order chi connectivity index (χ1) is 6.56. The summed E-state index contributed by atoms with van der Waals surface area (Å²) in [6.45, 7) is -0.267. The Balaban J connectivity index is 2.64. The van der Waals surface area contributed by atoms with Gasteiger partial charge in [-0.1, -0.05) is 0 Å². The van der Waals surface area contributed by atoms with E-state index >= 15 is 0 Å². The van der Waals surface area contributed by atoms with Crippen LogP contribution in [-0.2, 0) is 19.1 Å². The molecule has 1 N–H and O–H groups in total. The van der Waals surface area contributed by atoms with E-state index in [0.29, 0.717) is 0 Å². The van der Waals surface area contributed by atoms with Crippen molar-refractivity contribution in [1.82, 2.24) is 4.90 Å². The summed E-state index contributed by atoms with van der Waals surface area (Å²) in [5.74, 6) is -2.24. The molecule has 0 aromatic carbocycles. The van der Waals surface area contributed by atoms with Crippen molar-refractivity contribution in [2.24, 2.45) is 0 Å². The molecule has 1 aliphatic rings. The van der Waals surface area contributed by atoms with E-state index in [1.54, 1.807) is 0 Å². The minimum Gasteiger partial charge on any atom is -0.479 e. The maximum Gasteiger partial charge on any atom is 0.334 e. The number of rotatable bonds is 4. The molecular formula is C8H9NO5. The molecule has 0 bridgehead atoms. The quantitative estimate of drug-likeness (QED) is 0.588. The van der Waals surface area contributed by atoms with Crippen molar-refractivity contribution in [3.8, 4) is 0 Å². The molecule has 1 aliphatic heterocycles. The number of carbonyl (C=O) groups excluding carboxylic acids is 2. The highest BCUT2D eigenvalue weighted by molar-refractivity contribution is 6.13. The standard InChI is InChI=1S/C8H9NO5/c1-14-5(8(12)13)4-9-6(10)2-3-7(9)11/h2-3,5H,4H2,1H3,(H,12,13). The summed E-state index contributed by atoms with van der Waals surface area (Å²) in [5.41, 5.74) is 0. The van der Waals surface area contributed by atoms with Crippen LogP contribution in [0.1, 0.15) is 0 Å². The van der Waals surface area contributed by atoms with E-state index in [4.69, 9.17) is 5.11 Å². The average Bonchev–Trinajstić information content (AvgIpc) is 2.43. The van der Waals surface area contributed by atoms with Gasteiger partial charge >= 0.3 is 5.97 Å². The van der Waals surface area contributed by atoms with Crippen molar-refractivity contribution in [2.45, 2.75) is 6.10 Å². The zero-order valence-corrected chi connectivity index (χ0v) is 7.47. The summed E-state index contributed by atoms with van der Waals surface area (Å²) in [5, 5.41) is 8.61. The molecule has 1 heterocycles. The van der Waals surface area contributed by atoms with Crippen LogP contribution in [0.4, 0.5) is 0 Å². The van der Waals surface area contributed by atoms with Crippen LogP contribution in [0.15, 0.2) is 12.2 Å². The van der Waals surface area contributed by atoms with E-state index in [1.807, 2.05) is 0 Å². The molecule has 1 atom stereocenters. The topological polar surface area (TPSA) is 83.9 Å². The van der Waals surface area contributed by atoms with Crippen LogP contribution in [0.25, 0.3) is 0 Å². The lowest BCUT2D eigenvalue weighted by Crippen LogP contribution is -2.41. The van der Waals surface area contributed by atoms with Gasteiger partial charge in [0.25, 0.3) is 11.8 Å². The normalized spacial score (nSPS) is 17.6. The van der Waals surface area contributed by atoms with Crippen LogP contribution in [0.5, 0.6) is 0 Å². The number of nitrogens with zero attached hydrogens (tertiary/aromatic N) is 1. The lowest BCUT2D eigenvalue weighted by Gasteiger charge is -2.17. The number of ether oxygens (including phenoxy) is 1. The third-order valence-corrected chi connectivity index (χ3v) is 1.81. The third kappa shape index (κ3) is 1.97. The van der Waals surface area contributed by atoms with E-state index in [9.17, 15) is 14.4 Å². The van der Waals surface area contributed by atoms with Gasteiger partial charge in [-0.2, -0.15) is 0 Å². The van der Waals surface area contributed by atoms with Crippen LogP contribution >= 0.6 is 0 Å². The molecule has 0 saturated carbocycles. The molecular weight excluding hydrogens is 190 g/mol. The van der Waals surface area contributed by atoms with E-state index in [-0.39, 0.29) is 6.54 Å². The Kier molecular flexibility index (Phi) is 2.98. The number of carboxylic acid groups (broad SMARTS) is 1. The first-order valence-corrected chi connectivity index (χ1v) is 3.85. The number of imide groups is 1. The zero-order valence-electron chi connectivity index (χ0n) is 7.47. The molecule has 0 aromatic heterocycles. The molecule has 1 rings (SSSR count). The molecule has 2 amide bonds. The van der Waals surface area contributed by atoms with Crippen LogP contribution in [0, 0.1) is 0 Å². The molecule has 6 heteroatoms. The fraction of sp³-hybridized carbons (Fsp3) is 0.375. The predicted molar refractivity (Wildman–Crippen MR) is 44.3 cm³/mol. The van der Waals surface area contributed by atoms with Crippen molar-refractivity contribution >= 4 is 17.8 Å². The largest absolute Gasteiger partial charge is 0.479 e. The van der Waals surface area contributed by atoms with Crippen LogP contribution in [0.3, 0.4) is 0 Å². The maximum atomic E-state index is 11.0. The van der Waals surface area contributed by atoms with Crippen molar-refractivity contribution in [1.29, 1.82) is 0 Å². The summed E-state index contributed by atoms with van der Waals surface area (Å²) >= 11 is 0. The second-order valence-corrected chi connectivity index (χ2v) is 2.68. The van der Waals surface area contributed by atoms with E-state index in [1.165, 1.54) is 7.11 Å². The van der Waals surface area contributed by atoms with Crippen LogP contribution in [0.2, 0.25) is 0 Å². The number of amides is 2. The zero-order chi connectivity index (χ0) is 10.7. The summed E-state index contributed by atoms with van der Waals surface area (Å²) in [6.07, 6.45) is 1.01. The first-order valence-electron chi connectivity index (χ1n) is 3.85. The fourth-order valence-corrected chi connectivity index (χ4v) is 1.03. The lowest BCUT2D eigenvalue weighted by molar-refractivity contribution is -0.151. The predicted octanol–water partition coefficient (Wildman–Crippen LogP) is -0.989. The number of hydrogen-bond acceptors (Lipinski definition) is 4. The fourth-order valence-electron chi connectivity index (χ4n) is 1.03. The molecule has 0 saturated heterocycles. The Hall–Kier alpha value is -1.69. The smallest absolute Gasteiger partial charge is 0.334 e. The van der Waals surface area contributed by atoms with E-state index in [2.05, 4.69) is 4.74 Å². The number of aliphatic carboxylic acids is 1. The number of carbonyl (C=O) groups is 3. The Bertz CT molecular complexity index is 291. The Morgan fingerprint density at radius 1 is 1.50 bits per heavy atom. The number of methoxy groups -OCH3 is 1. The molecule has 0 fully saturated rings. The monoisotopic (exact) mass is 199 g/mol. The third-order valence-electron chi connectivity index (χ3n) is 1.81. The van der Waals surface area contributed by atoms with Gasteiger partial charge in [0.2, 0.25) is 0 Å². The molecule has 76 valence electrons. The molecule has 14 heavy (non-hydrogen) atoms. The van der Waals surface area contributed by atoms with Crippen LogP contribution in [-0.4, -0.2) is 47.5 Å². The Morgan fingerprint density at radius 2 is 2.00 bits per heavy atom. The van der Waals surface area contributed by atoms with Gasteiger partial charge in [-0.05, 0) is 0 Å². The van der Waals surface area contributed by atoms with Crippen molar-refractivity contribution in [3.05, 3.63) is 12.2 Å².